The predicted octanol–water partition coefficient (Wildman–Crippen LogP) is 13.3. The van der Waals surface area contributed by atoms with Crippen LogP contribution in [0.5, 0.6) is 0 Å². The first-order chi connectivity index (χ1) is 28.0. The monoisotopic (exact) mass is 730 g/mol. The van der Waals surface area contributed by atoms with Crippen LogP contribution in [0.15, 0.2) is 194 Å². The highest BCUT2D eigenvalue weighted by molar-refractivity contribution is 6.13. The van der Waals surface area contributed by atoms with Crippen LogP contribution in [0.4, 0.5) is 0 Å². The summed E-state index contributed by atoms with van der Waals surface area (Å²) in [6, 6.07) is 69.7. The van der Waals surface area contributed by atoms with Crippen LogP contribution in [0.2, 0.25) is 0 Å². The van der Waals surface area contributed by atoms with Crippen molar-refractivity contribution in [2.24, 2.45) is 0 Å². The molecule has 0 radical (unpaired) electrons. The zero-order chi connectivity index (χ0) is 38.1. The van der Waals surface area contributed by atoms with E-state index in [1.54, 1.807) is 0 Å². The van der Waals surface area contributed by atoms with Crippen molar-refractivity contribution in [1.82, 2.24) is 19.3 Å². The molecule has 0 atom stereocenters. The van der Waals surface area contributed by atoms with Gasteiger partial charge in [0, 0.05) is 44.3 Å². The Bertz CT molecular complexity index is 3060. The maximum absolute atomic E-state index is 4.70. The molecule has 0 saturated heterocycles. The average molecular weight is 731 g/mol. The summed E-state index contributed by atoms with van der Waals surface area (Å²) in [6.45, 7) is 4.69. The van der Waals surface area contributed by atoms with Crippen LogP contribution in [-0.2, 0) is 5.41 Å². The molecule has 0 unspecified atom stereocenters. The third kappa shape index (κ3) is 5.22. The van der Waals surface area contributed by atoms with E-state index in [2.05, 4.69) is 181 Å². The molecule has 11 rings (SSSR count). The fraction of sp³-hybridized carbons (Fsp3) is 0.0566. The maximum Gasteiger partial charge on any atom is 0.168 e. The smallest absolute Gasteiger partial charge is 0.168 e. The van der Waals surface area contributed by atoms with Crippen LogP contribution in [0.3, 0.4) is 0 Å². The summed E-state index contributed by atoms with van der Waals surface area (Å²) in [7, 11) is 0. The van der Waals surface area contributed by atoms with Gasteiger partial charge in [0.05, 0.1) is 11.0 Å². The van der Waals surface area contributed by atoms with Gasteiger partial charge < -0.3 is 4.57 Å². The number of nitrogens with zero attached hydrogens (tertiary/aromatic N) is 4. The molecule has 0 N–H and O–H groups in total. The van der Waals surface area contributed by atoms with Gasteiger partial charge in [0.1, 0.15) is 0 Å². The second-order valence-electron chi connectivity index (χ2n) is 15.5. The lowest BCUT2D eigenvalue weighted by molar-refractivity contribution is 0.660. The van der Waals surface area contributed by atoms with Crippen molar-refractivity contribution in [1.29, 1.82) is 0 Å². The van der Waals surface area contributed by atoms with E-state index >= 15 is 0 Å². The van der Waals surface area contributed by atoms with Crippen molar-refractivity contribution >= 4 is 21.8 Å². The van der Waals surface area contributed by atoms with Crippen molar-refractivity contribution in [2.45, 2.75) is 19.3 Å². The van der Waals surface area contributed by atoms with Gasteiger partial charge in [-0.2, -0.15) is 0 Å². The van der Waals surface area contributed by atoms with E-state index < -0.39 is 0 Å². The molecule has 270 valence electrons. The van der Waals surface area contributed by atoms with Gasteiger partial charge in [0.15, 0.2) is 11.6 Å². The summed E-state index contributed by atoms with van der Waals surface area (Å²) >= 11 is 0. The molecule has 0 fully saturated rings. The van der Waals surface area contributed by atoms with E-state index in [1.807, 2.05) is 36.4 Å². The van der Waals surface area contributed by atoms with Gasteiger partial charge in [-0.15, -0.1) is 10.2 Å². The van der Waals surface area contributed by atoms with Crippen LogP contribution >= 0.6 is 0 Å². The lowest BCUT2D eigenvalue weighted by Gasteiger charge is -2.22. The predicted molar refractivity (Wildman–Crippen MR) is 235 cm³/mol. The first kappa shape index (κ1) is 33.1. The van der Waals surface area contributed by atoms with Crippen molar-refractivity contribution in [2.75, 3.05) is 0 Å². The molecule has 0 saturated carbocycles. The molecule has 0 spiro atoms. The first-order valence-electron chi connectivity index (χ1n) is 19.6. The minimum atomic E-state index is -0.0346. The number of aromatic nitrogens is 4. The Balaban J connectivity index is 1.01. The van der Waals surface area contributed by atoms with Gasteiger partial charge in [-0.25, -0.2) is 0 Å². The summed E-state index contributed by atoms with van der Waals surface area (Å²) in [5.41, 5.74) is 16.8. The molecule has 4 nitrogen and oxygen atoms in total. The highest BCUT2D eigenvalue weighted by atomic mass is 15.3. The summed E-state index contributed by atoms with van der Waals surface area (Å²) < 4.78 is 4.58. The quantitative estimate of drug-likeness (QED) is 0.171. The third-order valence-electron chi connectivity index (χ3n) is 11.9. The Labute approximate surface area is 332 Å². The largest absolute Gasteiger partial charge is 0.309 e. The maximum atomic E-state index is 4.70. The van der Waals surface area contributed by atoms with Crippen LogP contribution in [0.25, 0.3) is 89.3 Å². The molecule has 4 heteroatoms. The molecule has 0 amide bonds. The van der Waals surface area contributed by atoms with E-state index in [-0.39, 0.29) is 5.41 Å². The van der Waals surface area contributed by atoms with E-state index in [4.69, 9.17) is 10.2 Å². The fourth-order valence-electron chi connectivity index (χ4n) is 9.07. The SMILES string of the molecule is CC1(C)c2ccccc2-c2ccc(-c3ccc(-c4cccc5c6ccccc6n(-c6ccc(-n7c(-c8ccccc8)nnc7-c7ccccc7)cc6)c45)cc3)cc21. The lowest BCUT2D eigenvalue weighted by Crippen LogP contribution is -2.14. The van der Waals surface area contributed by atoms with Gasteiger partial charge in [-0.1, -0.05) is 172 Å². The molecular formula is C53H38N4. The third-order valence-corrected chi connectivity index (χ3v) is 11.9. The molecule has 57 heavy (non-hydrogen) atoms. The van der Waals surface area contributed by atoms with E-state index in [1.165, 1.54) is 66.3 Å². The number of hydrogen-bond donors (Lipinski definition) is 0. The number of fused-ring (bicyclic) bond motifs is 6. The zero-order valence-electron chi connectivity index (χ0n) is 31.8. The van der Waals surface area contributed by atoms with Gasteiger partial charge in [-0.3, -0.25) is 4.57 Å². The van der Waals surface area contributed by atoms with Gasteiger partial charge in [0.25, 0.3) is 0 Å². The molecule has 0 bridgehead atoms. The normalized spacial score (nSPS) is 12.9. The summed E-state index contributed by atoms with van der Waals surface area (Å²) in [5, 5.41) is 11.9. The number of benzene rings is 8. The minimum Gasteiger partial charge on any atom is -0.309 e. The lowest BCUT2D eigenvalue weighted by atomic mass is 9.81. The van der Waals surface area contributed by atoms with Crippen molar-refractivity contribution < 1.29 is 0 Å². The minimum absolute atomic E-state index is 0.0346. The van der Waals surface area contributed by atoms with E-state index in [0.29, 0.717) is 0 Å². The van der Waals surface area contributed by atoms with Crippen LogP contribution in [-0.4, -0.2) is 19.3 Å². The van der Waals surface area contributed by atoms with Crippen molar-refractivity contribution in [3.05, 3.63) is 205 Å². The van der Waals surface area contributed by atoms with Gasteiger partial charge in [-0.05, 0) is 75.3 Å². The highest BCUT2D eigenvalue weighted by Crippen LogP contribution is 2.49. The van der Waals surface area contributed by atoms with Gasteiger partial charge in [0.2, 0.25) is 0 Å². The number of rotatable bonds is 6. The Morgan fingerprint density at radius 1 is 0.368 bits per heavy atom. The molecular weight excluding hydrogens is 693 g/mol. The Hall–Kier alpha value is -7.30. The molecule has 8 aromatic carbocycles. The van der Waals surface area contributed by atoms with Gasteiger partial charge >= 0.3 is 0 Å². The summed E-state index contributed by atoms with van der Waals surface area (Å²) in [6.07, 6.45) is 0. The second-order valence-corrected chi connectivity index (χ2v) is 15.5. The highest BCUT2D eigenvalue weighted by Gasteiger charge is 2.35. The number of para-hydroxylation sites is 2. The first-order valence-corrected chi connectivity index (χ1v) is 19.6. The summed E-state index contributed by atoms with van der Waals surface area (Å²) in [4.78, 5) is 0. The Kier molecular flexibility index (Phi) is 7.48. The van der Waals surface area contributed by atoms with Crippen molar-refractivity contribution in [3.63, 3.8) is 0 Å². The van der Waals surface area contributed by atoms with E-state index in [9.17, 15) is 0 Å². The van der Waals surface area contributed by atoms with E-state index in [0.717, 1.165) is 34.2 Å². The Morgan fingerprint density at radius 2 is 0.895 bits per heavy atom. The molecule has 2 heterocycles. The molecule has 2 aromatic heterocycles. The average Bonchev–Trinajstić information content (AvgIpc) is 3.94. The number of hydrogen-bond acceptors (Lipinski definition) is 2. The van der Waals surface area contributed by atoms with Crippen LogP contribution in [0.1, 0.15) is 25.0 Å². The molecule has 10 aromatic rings. The van der Waals surface area contributed by atoms with Crippen LogP contribution < -0.4 is 0 Å². The zero-order valence-corrected chi connectivity index (χ0v) is 31.8. The molecule has 1 aliphatic rings. The van der Waals surface area contributed by atoms with Crippen LogP contribution in [0, 0.1) is 0 Å². The Morgan fingerprint density at radius 3 is 1.60 bits per heavy atom. The second kappa shape index (κ2) is 12.9. The summed E-state index contributed by atoms with van der Waals surface area (Å²) in [5.74, 6) is 1.61. The molecule has 0 aliphatic heterocycles. The van der Waals surface area contributed by atoms with Crippen molar-refractivity contribution in [3.8, 4) is 67.5 Å². The molecule has 1 aliphatic carbocycles. The standard InChI is InChI=1S/C53H38N4/c1-53(2)47-22-11-9-18-43(47)44-33-28-39(34-48(44)53)35-24-26-36(27-25-35)42-20-13-21-46-45-19-10-12-23-49(45)56(50(42)46)40-29-31-41(32-30-40)57-51(37-14-5-3-6-15-37)54-55-52(57)38-16-7-4-8-17-38/h3-34H,1-2H3. The topological polar surface area (TPSA) is 35.6 Å². The fourth-order valence-corrected chi connectivity index (χ4v) is 9.07.